The smallest absolute Gasteiger partial charge is 0.152 e. The molecule has 0 saturated carbocycles. The Morgan fingerprint density at radius 1 is 0.543 bits per heavy atom. The van der Waals surface area contributed by atoms with Gasteiger partial charge in [0.2, 0.25) is 0 Å². The third kappa shape index (κ3) is 10.3. The number of hydrogen-bond acceptors (Lipinski definition) is 7. The van der Waals surface area contributed by atoms with Crippen molar-refractivity contribution >= 4 is 9.84 Å². The highest BCUT2D eigenvalue weighted by Crippen LogP contribution is 2.32. The summed E-state index contributed by atoms with van der Waals surface area (Å²) in [6.45, 7) is 3.32. The molecule has 7 nitrogen and oxygen atoms in total. The monoisotopic (exact) mass is 644 g/mol. The van der Waals surface area contributed by atoms with Crippen LogP contribution in [0.1, 0.15) is 35.6 Å². The van der Waals surface area contributed by atoms with Gasteiger partial charge in [-0.1, -0.05) is 128 Å². The summed E-state index contributed by atoms with van der Waals surface area (Å²) in [6.07, 6.45) is -2.85. The van der Waals surface area contributed by atoms with Crippen LogP contribution in [0, 0.1) is 0 Å². The predicted octanol–water partition coefficient (Wildman–Crippen LogP) is 6.55. The summed E-state index contributed by atoms with van der Waals surface area (Å²) in [5.74, 6) is -0.122. The molecule has 5 atom stereocenters. The van der Waals surface area contributed by atoms with Gasteiger partial charge in [0, 0.05) is 0 Å². The molecule has 1 heterocycles. The number of hydrogen-bond donors (Lipinski definition) is 0. The first-order valence-corrected chi connectivity index (χ1v) is 17.8. The van der Waals surface area contributed by atoms with Crippen LogP contribution in [0.25, 0.3) is 0 Å². The normalized spacial score (nSPS) is 21.6. The molecule has 1 fully saturated rings. The molecule has 0 amide bonds. The van der Waals surface area contributed by atoms with Crippen LogP contribution in [0.3, 0.4) is 0 Å². The van der Waals surface area contributed by atoms with Gasteiger partial charge in [0.25, 0.3) is 0 Å². The van der Waals surface area contributed by atoms with Crippen molar-refractivity contribution in [3.8, 4) is 0 Å². The molecule has 5 unspecified atom stereocenters. The minimum absolute atomic E-state index is 0.0664. The third-order valence-corrected chi connectivity index (χ3v) is 9.78. The molecule has 244 valence electrons. The second-order valence-corrected chi connectivity index (χ2v) is 13.8. The van der Waals surface area contributed by atoms with Crippen molar-refractivity contribution in [3.63, 3.8) is 0 Å². The molecular formula is C38H44O7S. The Kier molecular flexibility index (Phi) is 12.9. The zero-order valence-electron chi connectivity index (χ0n) is 26.4. The van der Waals surface area contributed by atoms with E-state index >= 15 is 0 Å². The maximum atomic E-state index is 13.3. The minimum atomic E-state index is -3.44. The van der Waals surface area contributed by atoms with E-state index in [1.54, 1.807) is 0 Å². The molecule has 5 rings (SSSR count). The van der Waals surface area contributed by atoms with Crippen molar-refractivity contribution in [3.05, 3.63) is 144 Å². The van der Waals surface area contributed by atoms with E-state index in [2.05, 4.69) is 0 Å². The Morgan fingerprint density at radius 3 is 1.37 bits per heavy atom. The molecule has 1 saturated heterocycles. The first-order valence-electron chi connectivity index (χ1n) is 15.9. The summed E-state index contributed by atoms with van der Waals surface area (Å²) in [5, 5.41) is 0. The van der Waals surface area contributed by atoms with Gasteiger partial charge in [0.15, 0.2) is 9.84 Å². The lowest BCUT2D eigenvalue weighted by atomic mass is 9.94. The number of rotatable bonds is 17. The molecule has 0 N–H and O–H groups in total. The highest BCUT2D eigenvalue weighted by atomic mass is 32.2. The van der Waals surface area contributed by atoms with Crippen molar-refractivity contribution in [2.75, 3.05) is 18.1 Å². The van der Waals surface area contributed by atoms with Crippen LogP contribution in [-0.4, -0.2) is 57.1 Å². The van der Waals surface area contributed by atoms with E-state index in [1.165, 1.54) is 0 Å². The third-order valence-electron chi connectivity index (χ3n) is 7.91. The van der Waals surface area contributed by atoms with Crippen LogP contribution in [0.2, 0.25) is 0 Å². The number of ether oxygens (including phenoxy) is 5. The van der Waals surface area contributed by atoms with Crippen molar-refractivity contribution < 1.29 is 32.1 Å². The van der Waals surface area contributed by atoms with Crippen molar-refractivity contribution in [2.24, 2.45) is 0 Å². The molecule has 4 aromatic rings. The quantitative estimate of drug-likeness (QED) is 0.129. The Morgan fingerprint density at radius 2 is 0.935 bits per heavy atom. The highest BCUT2D eigenvalue weighted by Gasteiger charge is 2.49. The van der Waals surface area contributed by atoms with Gasteiger partial charge in [-0.25, -0.2) is 8.42 Å². The predicted molar refractivity (Wildman–Crippen MR) is 179 cm³/mol. The van der Waals surface area contributed by atoms with Crippen LogP contribution >= 0.6 is 0 Å². The Balaban J connectivity index is 1.46. The first-order chi connectivity index (χ1) is 22.5. The van der Waals surface area contributed by atoms with Gasteiger partial charge < -0.3 is 23.7 Å². The fraction of sp³-hybridized carbons (Fsp3) is 0.368. The van der Waals surface area contributed by atoms with Gasteiger partial charge >= 0.3 is 0 Å². The maximum absolute atomic E-state index is 13.3. The topological polar surface area (TPSA) is 80.3 Å². The van der Waals surface area contributed by atoms with Crippen molar-refractivity contribution in [1.29, 1.82) is 0 Å². The molecule has 1 aliphatic heterocycles. The molecule has 46 heavy (non-hydrogen) atoms. The zero-order valence-corrected chi connectivity index (χ0v) is 27.2. The number of benzene rings is 4. The van der Waals surface area contributed by atoms with Crippen molar-refractivity contribution in [1.82, 2.24) is 0 Å². The molecule has 8 heteroatoms. The van der Waals surface area contributed by atoms with Gasteiger partial charge in [-0.05, 0) is 28.7 Å². The molecule has 1 aliphatic rings. The molecular weight excluding hydrogens is 600 g/mol. The van der Waals surface area contributed by atoms with E-state index in [9.17, 15) is 8.42 Å². The lowest BCUT2D eigenvalue weighted by Gasteiger charge is -2.46. The number of sulfone groups is 1. The average Bonchev–Trinajstić information content (AvgIpc) is 3.08. The van der Waals surface area contributed by atoms with Gasteiger partial charge in [-0.2, -0.15) is 0 Å². The summed E-state index contributed by atoms with van der Waals surface area (Å²) in [7, 11) is -3.44. The minimum Gasteiger partial charge on any atom is -0.374 e. The van der Waals surface area contributed by atoms with Crippen LogP contribution in [0.4, 0.5) is 0 Å². The zero-order chi connectivity index (χ0) is 32.0. The van der Waals surface area contributed by atoms with E-state index in [0.29, 0.717) is 26.2 Å². The van der Waals surface area contributed by atoms with Crippen molar-refractivity contribution in [2.45, 2.75) is 70.3 Å². The summed E-state index contributed by atoms with van der Waals surface area (Å²) in [5.41, 5.74) is 3.99. The summed E-state index contributed by atoms with van der Waals surface area (Å²) < 4.78 is 59.3. The molecule has 0 spiro atoms. The Bertz CT molecular complexity index is 1520. The van der Waals surface area contributed by atoms with Gasteiger partial charge in [-0.3, -0.25) is 0 Å². The molecule has 4 aromatic carbocycles. The van der Waals surface area contributed by atoms with E-state index in [-0.39, 0.29) is 24.7 Å². The molecule has 0 radical (unpaired) electrons. The van der Waals surface area contributed by atoms with Gasteiger partial charge in [-0.15, -0.1) is 0 Å². The second kappa shape index (κ2) is 17.5. The summed E-state index contributed by atoms with van der Waals surface area (Å²) in [6, 6.07) is 39.6. The van der Waals surface area contributed by atoms with Crippen LogP contribution in [0.5, 0.6) is 0 Å². The second-order valence-electron chi connectivity index (χ2n) is 11.6. The van der Waals surface area contributed by atoms with Crippen LogP contribution in [-0.2, 0) is 59.9 Å². The summed E-state index contributed by atoms with van der Waals surface area (Å²) in [4.78, 5) is 0. The van der Waals surface area contributed by atoms with Crippen LogP contribution < -0.4 is 0 Å². The largest absolute Gasteiger partial charge is 0.374 e. The van der Waals surface area contributed by atoms with Crippen LogP contribution in [0.15, 0.2) is 121 Å². The maximum Gasteiger partial charge on any atom is 0.152 e. The Labute approximate surface area is 273 Å². The molecule has 0 aliphatic carbocycles. The standard InChI is InChI=1S/C38H44O7S/c1-2-23-46(39,40)29-35-37(43-26-32-19-11-5-12-20-32)38(44-27-33-21-13-6-14-22-33)36(42-25-31-17-9-4-10-18-31)34(45-35)28-41-24-30-15-7-3-8-16-30/h3-22,34-38H,2,23-29H2,1H3. The van der Waals surface area contributed by atoms with E-state index < -0.39 is 40.4 Å². The molecule has 0 bridgehead atoms. The lowest BCUT2D eigenvalue weighted by Crippen LogP contribution is -2.62. The first kappa shape index (κ1) is 34.0. The van der Waals surface area contributed by atoms with E-state index in [1.807, 2.05) is 128 Å². The lowest BCUT2D eigenvalue weighted by molar-refractivity contribution is -0.268. The van der Waals surface area contributed by atoms with Gasteiger partial charge in [0.1, 0.15) is 30.5 Å². The van der Waals surface area contributed by atoms with Gasteiger partial charge in [0.05, 0.1) is 44.5 Å². The van der Waals surface area contributed by atoms with E-state index in [0.717, 1.165) is 22.3 Å². The SMILES string of the molecule is CCCS(=O)(=O)CC1OC(COCc2ccccc2)C(OCc2ccccc2)C(OCc2ccccc2)C1OCc1ccccc1. The average molecular weight is 645 g/mol. The van der Waals surface area contributed by atoms with E-state index in [4.69, 9.17) is 23.7 Å². The summed E-state index contributed by atoms with van der Waals surface area (Å²) >= 11 is 0. The fourth-order valence-electron chi connectivity index (χ4n) is 5.66. The highest BCUT2D eigenvalue weighted by molar-refractivity contribution is 7.91. The Hall–Kier alpha value is -3.37. The fourth-order valence-corrected chi connectivity index (χ4v) is 7.22. The molecule has 0 aromatic heterocycles.